The number of benzene rings is 9. The van der Waals surface area contributed by atoms with Gasteiger partial charge in [0.2, 0.25) is 0 Å². The quantitative estimate of drug-likeness (QED) is 0.170. The van der Waals surface area contributed by atoms with Gasteiger partial charge >= 0.3 is 0 Å². The molecule has 0 fully saturated rings. The molecule has 0 bridgehead atoms. The Bertz CT molecular complexity index is 3040. The summed E-state index contributed by atoms with van der Waals surface area (Å²) in [5, 5.41) is 8.73. The predicted molar refractivity (Wildman–Crippen MR) is 244 cm³/mol. The number of anilines is 6. The second-order valence-electron chi connectivity index (χ2n) is 15.7. The van der Waals surface area contributed by atoms with Crippen LogP contribution in [0.1, 0.15) is 22.3 Å². The first-order valence-corrected chi connectivity index (χ1v) is 19.9. The van der Waals surface area contributed by atoms with E-state index in [1.807, 2.05) is 0 Å². The maximum absolute atomic E-state index is 6.76. The fraction of sp³-hybridized carbons (Fsp3) is 0.0741. The molecule has 4 nitrogen and oxygen atoms in total. The minimum atomic E-state index is 0.852. The van der Waals surface area contributed by atoms with Crippen LogP contribution in [0, 0.1) is 27.7 Å². The standard InChI is InChI=1S/C54H40N2O2/c1-33-5-15-39(16-6-33)55(40-17-7-34(2)8-18-40)43-23-27-45-37(31-43)13-25-47-51-49(57-53(45)47)29-30-50-52(51)48-26-14-38-32-44(24-28-46(38)54(48)58-50)56(41-19-9-35(3)10-20-41)42-21-11-36(4)12-22-42/h5-32H,1-4H3. The van der Waals surface area contributed by atoms with Crippen LogP contribution >= 0.6 is 0 Å². The first kappa shape index (κ1) is 34.0. The fourth-order valence-corrected chi connectivity index (χ4v) is 8.63. The number of hydrogen-bond acceptors (Lipinski definition) is 4. The maximum Gasteiger partial charge on any atom is 0.143 e. The first-order chi connectivity index (χ1) is 28.4. The molecular formula is C54H40N2O2. The molecule has 58 heavy (non-hydrogen) atoms. The van der Waals surface area contributed by atoms with Crippen molar-refractivity contribution in [1.82, 2.24) is 0 Å². The largest absolute Gasteiger partial charge is 0.455 e. The summed E-state index contributed by atoms with van der Waals surface area (Å²) in [7, 11) is 0. The molecule has 0 aliphatic rings. The lowest BCUT2D eigenvalue weighted by molar-refractivity contribution is 0.666. The number of rotatable bonds is 6. The molecule has 0 atom stereocenters. The molecule has 0 spiro atoms. The Balaban J connectivity index is 1.04. The Morgan fingerprint density at radius 1 is 0.293 bits per heavy atom. The minimum Gasteiger partial charge on any atom is -0.455 e. The second kappa shape index (κ2) is 13.1. The van der Waals surface area contributed by atoms with E-state index in [1.54, 1.807) is 0 Å². The van der Waals surface area contributed by atoms with Crippen LogP contribution in [0.15, 0.2) is 179 Å². The lowest BCUT2D eigenvalue weighted by Gasteiger charge is -2.26. The summed E-state index contributed by atoms with van der Waals surface area (Å²) < 4.78 is 13.5. The summed E-state index contributed by atoms with van der Waals surface area (Å²) in [6, 6.07) is 61.2. The van der Waals surface area contributed by atoms with Gasteiger partial charge in [0.05, 0.1) is 0 Å². The molecule has 11 aromatic rings. The Morgan fingerprint density at radius 2 is 0.586 bits per heavy atom. The highest BCUT2D eigenvalue weighted by Crippen LogP contribution is 2.45. The summed E-state index contributed by atoms with van der Waals surface area (Å²) in [5.74, 6) is 0. The lowest BCUT2D eigenvalue weighted by atomic mass is 10.00. The van der Waals surface area contributed by atoms with E-state index in [1.165, 1.54) is 22.3 Å². The number of fused-ring (bicyclic) bond motifs is 11. The van der Waals surface area contributed by atoms with Gasteiger partial charge in [-0.1, -0.05) is 82.9 Å². The molecule has 2 heterocycles. The third-order valence-electron chi connectivity index (χ3n) is 11.7. The van der Waals surface area contributed by atoms with E-state index in [9.17, 15) is 0 Å². The van der Waals surface area contributed by atoms with Gasteiger partial charge in [-0.15, -0.1) is 0 Å². The van der Waals surface area contributed by atoms with Crippen molar-refractivity contribution in [1.29, 1.82) is 0 Å². The van der Waals surface area contributed by atoms with Gasteiger partial charge in [0, 0.05) is 66.4 Å². The van der Waals surface area contributed by atoms with Crippen LogP contribution < -0.4 is 9.80 Å². The molecule has 0 aliphatic heterocycles. The summed E-state index contributed by atoms with van der Waals surface area (Å²) in [6.45, 7) is 8.50. The highest BCUT2D eigenvalue weighted by molar-refractivity contribution is 6.30. The fourth-order valence-electron chi connectivity index (χ4n) is 8.63. The number of furan rings is 2. The Labute approximate surface area is 336 Å². The summed E-state index contributed by atoms with van der Waals surface area (Å²) >= 11 is 0. The summed E-state index contributed by atoms with van der Waals surface area (Å²) in [5.41, 5.74) is 15.1. The highest BCUT2D eigenvalue weighted by Gasteiger charge is 2.21. The zero-order valence-corrected chi connectivity index (χ0v) is 32.9. The van der Waals surface area contributed by atoms with Crippen LogP contribution in [0.25, 0.3) is 65.4 Å². The van der Waals surface area contributed by atoms with Crippen LogP contribution in [0.2, 0.25) is 0 Å². The minimum absolute atomic E-state index is 0.852. The van der Waals surface area contributed by atoms with Crippen molar-refractivity contribution in [3.8, 4) is 0 Å². The summed E-state index contributed by atoms with van der Waals surface area (Å²) in [4.78, 5) is 4.64. The normalized spacial score (nSPS) is 11.8. The molecule has 0 N–H and O–H groups in total. The van der Waals surface area contributed by atoms with Gasteiger partial charge in [0.25, 0.3) is 0 Å². The average Bonchev–Trinajstić information content (AvgIpc) is 3.82. The van der Waals surface area contributed by atoms with Gasteiger partial charge in [0.15, 0.2) is 0 Å². The van der Waals surface area contributed by atoms with Gasteiger partial charge in [0.1, 0.15) is 22.3 Å². The summed E-state index contributed by atoms with van der Waals surface area (Å²) in [6.07, 6.45) is 0. The first-order valence-electron chi connectivity index (χ1n) is 19.9. The topological polar surface area (TPSA) is 32.8 Å². The van der Waals surface area contributed by atoms with Gasteiger partial charge in [-0.3, -0.25) is 0 Å². The van der Waals surface area contributed by atoms with E-state index in [0.717, 1.165) is 99.5 Å². The van der Waals surface area contributed by atoms with Gasteiger partial charge in [-0.25, -0.2) is 0 Å². The van der Waals surface area contributed by atoms with Crippen molar-refractivity contribution in [3.63, 3.8) is 0 Å². The lowest BCUT2D eigenvalue weighted by Crippen LogP contribution is -2.09. The molecule has 4 heteroatoms. The molecule has 0 radical (unpaired) electrons. The van der Waals surface area contributed by atoms with E-state index >= 15 is 0 Å². The Hall–Kier alpha value is -7.30. The van der Waals surface area contributed by atoms with Crippen molar-refractivity contribution in [2.75, 3.05) is 9.80 Å². The van der Waals surface area contributed by atoms with E-state index in [2.05, 4.69) is 207 Å². The zero-order chi connectivity index (χ0) is 39.1. The van der Waals surface area contributed by atoms with Crippen LogP contribution in [0.4, 0.5) is 34.1 Å². The predicted octanol–water partition coefficient (Wildman–Crippen LogP) is 16.0. The van der Waals surface area contributed by atoms with Gasteiger partial charge in [-0.2, -0.15) is 0 Å². The van der Waals surface area contributed by atoms with Crippen molar-refractivity contribution in [2.24, 2.45) is 0 Å². The molecule has 0 amide bonds. The number of aryl methyl sites for hydroxylation is 4. The van der Waals surface area contributed by atoms with Crippen LogP contribution in [-0.4, -0.2) is 0 Å². The van der Waals surface area contributed by atoms with Crippen molar-refractivity contribution in [3.05, 3.63) is 192 Å². The van der Waals surface area contributed by atoms with Gasteiger partial charge in [-0.05, 0) is 148 Å². The molecule has 0 unspecified atom stereocenters. The molecule has 0 aliphatic carbocycles. The molecule has 0 saturated carbocycles. The highest BCUT2D eigenvalue weighted by atomic mass is 16.3. The van der Waals surface area contributed by atoms with Crippen LogP contribution in [0.5, 0.6) is 0 Å². The van der Waals surface area contributed by atoms with Crippen molar-refractivity contribution < 1.29 is 8.83 Å². The Kier molecular flexibility index (Phi) is 7.70. The molecule has 11 rings (SSSR count). The number of hydrogen-bond donors (Lipinski definition) is 0. The third kappa shape index (κ3) is 5.52. The molecule has 0 saturated heterocycles. The monoisotopic (exact) mass is 748 g/mol. The van der Waals surface area contributed by atoms with Crippen molar-refractivity contribution in [2.45, 2.75) is 27.7 Å². The molecule has 2 aromatic heterocycles. The Morgan fingerprint density at radius 3 is 0.914 bits per heavy atom. The molecule has 278 valence electrons. The number of nitrogens with zero attached hydrogens (tertiary/aromatic N) is 2. The second-order valence-corrected chi connectivity index (χ2v) is 15.7. The zero-order valence-electron chi connectivity index (χ0n) is 32.9. The van der Waals surface area contributed by atoms with E-state index < -0.39 is 0 Å². The van der Waals surface area contributed by atoms with E-state index in [4.69, 9.17) is 8.83 Å². The molecular weight excluding hydrogens is 709 g/mol. The van der Waals surface area contributed by atoms with E-state index in [-0.39, 0.29) is 0 Å². The van der Waals surface area contributed by atoms with E-state index in [0.29, 0.717) is 0 Å². The van der Waals surface area contributed by atoms with Crippen molar-refractivity contribution >= 4 is 99.5 Å². The smallest absolute Gasteiger partial charge is 0.143 e. The van der Waals surface area contributed by atoms with Crippen LogP contribution in [0.3, 0.4) is 0 Å². The van der Waals surface area contributed by atoms with Crippen LogP contribution in [-0.2, 0) is 0 Å². The molecule has 9 aromatic carbocycles. The third-order valence-corrected chi connectivity index (χ3v) is 11.7. The van der Waals surface area contributed by atoms with Gasteiger partial charge < -0.3 is 18.6 Å². The SMILES string of the molecule is Cc1ccc(N(c2ccc(C)cc2)c2ccc3c(ccc4c3oc3ccc5oc6c7ccc(N(c8ccc(C)cc8)c8ccc(C)cc8)cc7ccc6c5c34)c2)cc1. The maximum atomic E-state index is 6.76. The average molecular weight is 749 g/mol.